The van der Waals surface area contributed by atoms with Gasteiger partial charge in [-0.05, 0) is 31.3 Å². The molecular formula is C19H19ClN2OS. The van der Waals surface area contributed by atoms with Crippen molar-refractivity contribution in [2.75, 3.05) is 14.1 Å². The first-order chi connectivity index (χ1) is 11.5. The molecule has 3 rings (SSSR count). The van der Waals surface area contributed by atoms with Crippen LogP contribution in [0.25, 0.3) is 10.1 Å². The second kappa shape index (κ2) is 7.34. The highest BCUT2D eigenvalue weighted by atomic mass is 35.5. The van der Waals surface area contributed by atoms with E-state index in [2.05, 4.69) is 22.3 Å². The third-order valence-corrected chi connectivity index (χ3v) is 5.39. The average Bonchev–Trinajstić information content (AvgIpc) is 2.91. The van der Waals surface area contributed by atoms with E-state index in [1.54, 1.807) is 0 Å². The normalized spacial score (nSPS) is 11.2. The molecule has 124 valence electrons. The summed E-state index contributed by atoms with van der Waals surface area (Å²) in [7, 11) is 4.09. The number of thiophene rings is 1. The van der Waals surface area contributed by atoms with E-state index < -0.39 is 0 Å². The third-order valence-electron chi connectivity index (χ3n) is 3.72. The summed E-state index contributed by atoms with van der Waals surface area (Å²) in [6, 6.07) is 16.1. The molecule has 3 aromatic rings. The third kappa shape index (κ3) is 3.78. The van der Waals surface area contributed by atoms with Crippen LogP contribution in [0.15, 0.2) is 48.5 Å². The first kappa shape index (κ1) is 17.0. The number of carbonyl (C=O) groups excluding carboxylic acids is 1. The monoisotopic (exact) mass is 358 g/mol. The summed E-state index contributed by atoms with van der Waals surface area (Å²) in [5.74, 6) is -0.126. The first-order valence-electron chi connectivity index (χ1n) is 7.72. The second-order valence-corrected chi connectivity index (χ2v) is 7.41. The van der Waals surface area contributed by atoms with Crippen LogP contribution in [-0.4, -0.2) is 24.9 Å². The lowest BCUT2D eigenvalue weighted by molar-refractivity contribution is 0.0955. The second-order valence-electron chi connectivity index (χ2n) is 5.98. The van der Waals surface area contributed by atoms with Gasteiger partial charge in [0.05, 0.1) is 5.02 Å². The molecule has 0 spiro atoms. The molecule has 0 unspecified atom stereocenters. The summed E-state index contributed by atoms with van der Waals surface area (Å²) in [6.07, 6.45) is 0. The molecule has 1 N–H and O–H groups in total. The topological polar surface area (TPSA) is 32.3 Å². The quantitative estimate of drug-likeness (QED) is 0.725. The van der Waals surface area contributed by atoms with Gasteiger partial charge in [-0.2, -0.15) is 0 Å². The molecule has 5 heteroatoms. The van der Waals surface area contributed by atoms with Gasteiger partial charge in [-0.3, -0.25) is 4.79 Å². The smallest absolute Gasteiger partial charge is 0.263 e. The van der Waals surface area contributed by atoms with Crippen molar-refractivity contribution >= 4 is 38.9 Å². The molecule has 0 saturated carbocycles. The van der Waals surface area contributed by atoms with Gasteiger partial charge in [-0.15, -0.1) is 11.3 Å². The van der Waals surface area contributed by atoms with Crippen LogP contribution < -0.4 is 5.32 Å². The molecule has 0 aliphatic rings. The van der Waals surface area contributed by atoms with Crippen LogP contribution in [0.2, 0.25) is 5.02 Å². The number of halogens is 1. The van der Waals surface area contributed by atoms with Crippen molar-refractivity contribution < 1.29 is 4.79 Å². The van der Waals surface area contributed by atoms with Crippen LogP contribution in [-0.2, 0) is 13.1 Å². The minimum absolute atomic E-state index is 0.126. The summed E-state index contributed by atoms with van der Waals surface area (Å²) >= 11 is 7.77. The largest absolute Gasteiger partial charge is 0.347 e. The lowest BCUT2D eigenvalue weighted by atomic mass is 10.1. The van der Waals surface area contributed by atoms with Crippen LogP contribution >= 0.6 is 22.9 Å². The Balaban J connectivity index is 1.67. The van der Waals surface area contributed by atoms with Crippen molar-refractivity contribution in [1.82, 2.24) is 10.2 Å². The van der Waals surface area contributed by atoms with Gasteiger partial charge in [0.2, 0.25) is 0 Å². The molecule has 0 fully saturated rings. The van der Waals surface area contributed by atoms with Crippen molar-refractivity contribution in [2.45, 2.75) is 13.1 Å². The molecule has 0 aliphatic carbocycles. The lowest BCUT2D eigenvalue weighted by Crippen LogP contribution is -2.22. The number of carbonyl (C=O) groups is 1. The maximum Gasteiger partial charge on any atom is 0.263 e. The molecule has 1 heterocycles. The number of benzene rings is 2. The van der Waals surface area contributed by atoms with E-state index in [1.807, 2.05) is 50.5 Å². The fraction of sp³-hybridized carbons (Fsp3) is 0.211. The van der Waals surface area contributed by atoms with E-state index in [4.69, 9.17) is 11.6 Å². The van der Waals surface area contributed by atoms with Gasteiger partial charge in [-0.25, -0.2) is 0 Å². The maximum atomic E-state index is 12.4. The zero-order chi connectivity index (χ0) is 17.1. The SMILES string of the molecule is CN(C)Cc1ccc(CNC(=O)c2sc3ccccc3c2Cl)cc1. The molecule has 24 heavy (non-hydrogen) atoms. The van der Waals surface area contributed by atoms with Crippen molar-refractivity contribution in [3.63, 3.8) is 0 Å². The Bertz CT molecular complexity index is 855. The maximum absolute atomic E-state index is 12.4. The fourth-order valence-corrected chi connectivity index (χ4v) is 3.98. The van der Waals surface area contributed by atoms with Crippen molar-refractivity contribution in [2.24, 2.45) is 0 Å². The van der Waals surface area contributed by atoms with Crippen LogP contribution in [0.3, 0.4) is 0 Å². The van der Waals surface area contributed by atoms with Gasteiger partial charge < -0.3 is 10.2 Å². The van der Waals surface area contributed by atoms with Gasteiger partial charge in [0.25, 0.3) is 5.91 Å². The predicted molar refractivity (Wildman–Crippen MR) is 102 cm³/mol. The Morgan fingerprint density at radius 1 is 1.08 bits per heavy atom. The highest BCUT2D eigenvalue weighted by Gasteiger charge is 2.16. The Labute approximate surface area is 150 Å². The molecular weight excluding hydrogens is 340 g/mol. The molecule has 1 aromatic heterocycles. The van der Waals surface area contributed by atoms with Crippen LogP contribution in [0.5, 0.6) is 0 Å². The first-order valence-corrected chi connectivity index (χ1v) is 8.92. The number of nitrogens with zero attached hydrogens (tertiary/aromatic N) is 1. The number of hydrogen-bond acceptors (Lipinski definition) is 3. The van der Waals surface area contributed by atoms with E-state index in [0.29, 0.717) is 16.4 Å². The summed E-state index contributed by atoms with van der Waals surface area (Å²) in [6.45, 7) is 1.40. The number of hydrogen-bond donors (Lipinski definition) is 1. The Kier molecular flexibility index (Phi) is 5.19. The van der Waals surface area contributed by atoms with Crippen LogP contribution in [0.4, 0.5) is 0 Å². The number of nitrogens with one attached hydrogen (secondary N) is 1. The van der Waals surface area contributed by atoms with E-state index >= 15 is 0 Å². The van der Waals surface area contributed by atoms with Gasteiger partial charge in [0.15, 0.2) is 0 Å². The number of amides is 1. The Morgan fingerprint density at radius 2 is 1.75 bits per heavy atom. The van der Waals surface area contributed by atoms with E-state index in [9.17, 15) is 4.79 Å². The summed E-state index contributed by atoms with van der Waals surface area (Å²) < 4.78 is 1.03. The fourth-order valence-electron chi connectivity index (χ4n) is 2.55. The number of fused-ring (bicyclic) bond motifs is 1. The average molecular weight is 359 g/mol. The highest BCUT2D eigenvalue weighted by Crippen LogP contribution is 2.34. The Morgan fingerprint density at radius 3 is 2.42 bits per heavy atom. The van der Waals surface area contributed by atoms with E-state index in [-0.39, 0.29) is 5.91 Å². The van der Waals surface area contributed by atoms with Crippen molar-refractivity contribution in [1.29, 1.82) is 0 Å². The van der Waals surface area contributed by atoms with E-state index in [0.717, 1.165) is 22.2 Å². The summed E-state index contributed by atoms with van der Waals surface area (Å²) in [5, 5.41) is 4.42. The molecule has 0 atom stereocenters. The highest BCUT2D eigenvalue weighted by molar-refractivity contribution is 7.21. The molecule has 3 nitrogen and oxygen atoms in total. The summed E-state index contributed by atoms with van der Waals surface area (Å²) in [5.41, 5.74) is 2.32. The van der Waals surface area contributed by atoms with Gasteiger partial charge in [-0.1, -0.05) is 54.1 Å². The minimum Gasteiger partial charge on any atom is -0.347 e. The van der Waals surface area contributed by atoms with Gasteiger partial charge >= 0.3 is 0 Å². The predicted octanol–water partition coefficient (Wildman–Crippen LogP) is 4.55. The van der Waals surface area contributed by atoms with E-state index in [1.165, 1.54) is 16.9 Å². The molecule has 1 amide bonds. The van der Waals surface area contributed by atoms with Crippen molar-refractivity contribution in [3.8, 4) is 0 Å². The molecule has 0 saturated heterocycles. The van der Waals surface area contributed by atoms with Gasteiger partial charge in [0.1, 0.15) is 4.88 Å². The zero-order valence-corrected chi connectivity index (χ0v) is 15.2. The van der Waals surface area contributed by atoms with Crippen LogP contribution in [0, 0.1) is 0 Å². The molecule has 0 radical (unpaired) electrons. The molecule has 0 bridgehead atoms. The summed E-state index contributed by atoms with van der Waals surface area (Å²) in [4.78, 5) is 15.1. The minimum atomic E-state index is -0.126. The Hall–Kier alpha value is -1.88. The zero-order valence-electron chi connectivity index (χ0n) is 13.7. The molecule has 0 aliphatic heterocycles. The lowest BCUT2D eigenvalue weighted by Gasteiger charge is -2.10. The van der Waals surface area contributed by atoms with Gasteiger partial charge in [0, 0.05) is 23.2 Å². The van der Waals surface area contributed by atoms with Crippen LogP contribution in [0.1, 0.15) is 20.8 Å². The van der Waals surface area contributed by atoms with Crippen molar-refractivity contribution in [3.05, 3.63) is 69.6 Å². The number of rotatable bonds is 5. The molecule has 2 aromatic carbocycles. The standard InChI is InChI=1S/C19H19ClN2OS/c1-22(2)12-14-9-7-13(8-10-14)11-21-19(23)18-17(20)15-5-3-4-6-16(15)24-18/h3-10H,11-12H2,1-2H3,(H,21,23).